The highest BCUT2D eigenvalue weighted by Gasteiger charge is 2.38. The monoisotopic (exact) mass is 169 g/mol. The molecule has 0 aromatic carbocycles. The molecule has 2 atom stereocenters. The summed E-state index contributed by atoms with van der Waals surface area (Å²) in [6.45, 7) is -0.312. The van der Waals surface area contributed by atoms with Gasteiger partial charge in [-0.1, -0.05) is 0 Å². The fraction of sp³-hybridized carbons (Fsp3) is 0.889. The lowest BCUT2D eigenvalue weighted by molar-refractivity contribution is -0.138. The van der Waals surface area contributed by atoms with E-state index in [0.29, 0.717) is 12.1 Å². The Morgan fingerprint density at radius 1 is 1.25 bits per heavy atom. The Labute approximate surface area is 72.4 Å². The second-order valence-corrected chi connectivity index (χ2v) is 3.78. The predicted molar refractivity (Wildman–Crippen MR) is 44.6 cm³/mol. The van der Waals surface area contributed by atoms with Crippen LogP contribution in [0.1, 0.15) is 32.1 Å². The second-order valence-electron chi connectivity index (χ2n) is 3.78. The lowest BCUT2D eigenvalue weighted by Gasteiger charge is -2.34. The zero-order valence-corrected chi connectivity index (χ0v) is 7.20. The molecule has 1 unspecified atom stereocenters. The van der Waals surface area contributed by atoms with Gasteiger partial charge in [0.1, 0.15) is 6.61 Å². The van der Waals surface area contributed by atoms with Crippen LogP contribution in [0.25, 0.3) is 0 Å². The molecule has 0 aromatic heterocycles. The molecule has 0 saturated carbocycles. The summed E-state index contributed by atoms with van der Waals surface area (Å²) < 4.78 is 0. The van der Waals surface area contributed by atoms with Gasteiger partial charge in [-0.25, -0.2) is 0 Å². The van der Waals surface area contributed by atoms with Crippen LogP contribution in [0.3, 0.4) is 0 Å². The van der Waals surface area contributed by atoms with Crippen LogP contribution in [-0.2, 0) is 4.79 Å². The molecule has 1 amide bonds. The number of hydrogen-bond donors (Lipinski definition) is 1. The summed E-state index contributed by atoms with van der Waals surface area (Å²) in [6.07, 6.45) is 5.84. The summed E-state index contributed by atoms with van der Waals surface area (Å²) >= 11 is 0. The maximum atomic E-state index is 11.3. The van der Waals surface area contributed by atoms with E-state index >= 15 is 0 Å². The highest BCUT2D eigenvalue weighted by molar-refractivity contribution is 5.78. The Balaban J connectivity index is 2.10. The molecule has 0 aromatic rings. The summed E-state index contributed by atoms with van der Waals surface area (Å²) in [5.41, 5.74) is 0. The smallest absolute Gasteiger partial charge is 0.248 e. The quantitative estimate of drug-likeness (QED) is 0.621. The zero-order chi connectivity index (χ0) is 8.55. The molecule has 2 aliphatic rings. The summed E-state index contributed by atoms with van der Waals surface area (Å²) in [4.78, 5) is 13.2. The first-order valence-corrected chi connectivity index (χ1v) is 4.75. The van der Waals surface area contributed by atoms with E-state index in [0.717, 1.165) is 25.7 Å². The molecule has 68 valence electrons. The molecule has 0 aliphatic carbocycles. The van der Waals surface area contributed by atoms with Gasteiger partial charge in [-0.15, -0.1) is 0 Å². The molecule has 2 fully saturated rings. The molecule has 2 rings (SSSR count). The molecule has 3 nitrogen and oxygen atoms in total. The lowest BCUT2D eigenvalue weighted by atomic mass is 10.0. The van der Waals surface area contributed by atoms with Crippen molar-refractivity contribution in [1.29, 1.82) is 0 Å². The van der Waals surface area contributed by atoms with Crippen molar-refractivity contribution in [3.8, 4) is 0 Å². The van der Waals surface area contributed by atoms with Gasteiger partial charge in [-0.3, -0.25) is 4.79 Å². The Hall–Kier alpha value is -0.570. The van der Waals surface area contributed by atoms with Gasteiger partial charge in [0.05, 0.1) is 0 Å². The van der Waals surface area contributed by atoms with Gasteiger partial charge in [0.25, 0.3) is 0 Å². The molecule has 1 N–H and O–H groups in total. The highest BCUT2D eigenvalue weighted by Crippen LogP contribution is 2.35. The van der Waals surface area contributed by atoms with Gasteiger partial charge in [-0.2, -0.15) is 0 Å². The van der Waals surface area contributed by atoms with Gasteiger partial charge in [0.2, 0.25) is 5.91 Å². The minimum atomic E-state index is -0.312. The number of carbonyl (C=O) groups excluding carboxylic acids is 1. The minimum Gasteiger partial charge on any atom is -0.387 e. The largest absolute Gasteiger partial charge is 0.387 e. The molecule has 0 spiro atoms. The predicted octanol–water partition coefficient (Wildman–Crippen LogP) is 0.522. The lowest BCUT2D eigenvalue weighted by Crippen LogP contribution is -2.45. The number of fused-ring (bicyclic) bond motifs is 2. The van der Waals surface area contributed by atoms with Crippen molar-refractivity contribution in [2.45, 2.75) is 44.2 Å². The maximum absolute atomic E-state index is 11.3. The van der Waals surface area contributed by atoms with E-state index in [9.17, 15) is 4.79 Å². The van der Waals surface area contributed by atoms with E-state index in [1.165, 1.54) is 6.42 Å². The fourth-order valence-corrected chi connectivity index (χ4v) is 2.61. The molecule has 2 bridgehead atoms. The average molecular weight is 169 g/mol. The number of piperidine rings is 1. The van der Waals surface area contributed by atoms with Crippen molar-refractivity contribution in [1.82, 2.24) is 4.90 Å². The van der Waals surface area contributed by atoms with Crippen LogP contribution in [0.15, 0.2) is 0 Å². The number of rotatable bonds is 1. The van der Waals surface area contributed by atoms with E-state index in [1.54, 1.807) is 0 Å². The molecular weight excluding hydrogens is 154 g/mol. The Morgan fingerprint density at radius 3 is 2.33 bits per heavy atom. The summed E-state index contributed by atoms with van der Waals surface area (Å²) in [6, 6.07) is 0.895. The van der Waals surface area contributed by atoms with Crippen LogP contribution < -0.4 is 0 Å². The van der Waals surface area contributed by atoms with Gasteiger partial charge in [0.15, 0.2) is 0 Å². The third kappa shape index (κ3) is 1.12. The molecule has 0 radical (unpaired) electrons. The van der Waals surface area contributed by atoms with Crippen LogP contribution in [0.4, 0.5) is 0 Å². The first kappa shape index (κ1) is 8.05. The summed E-state index contributed by atoms with van der Waals surface area (Å²) in [5, 5.41) is 8.76. The van der Waals surface area contributed by atoms with Crippen molar-refractivity contribution in [3.63, 3.8) is 0 Å². The van der Waals surface area contributed by atoms with E-state index in [-0.39, 0.29) is 12.5 Å². The number of carbonyl (C=O) groups is 1. The molecule has 12 heavy (non-hydrogen) atoms. The second kappa shape index (κ2) is 3.05. The third-order valence-electron chi connectivity index (χ3n) is 3.12. The topological polar surface area (TPSA) is 40.5 Å². The van der Waals surface area contributed by atoms with Crippen LogP contribution >= 0.6 is 0 Å². The normalized spacial score (nSPS) is 33.9. The number of aliphatic hydroxyl groups excluding tert-OH is 1. The maximum Gasteiger partial charge on any atom is 0.248 e. The number of nitrogens with zero attached hydrogens (tertiary/aromatic N) is 1. The number of aliphatic hydroxyl groups is 1. The summed E-state index contributed by atoms with van der Waals surface area (Å²) in [7, 11) is 0. The number of hydrogen-bond acceptors (Lipinski definition) is 2. The summed E-state index contributed by atoms with van der Waals surface area (Å²) in [5.74, 6) is -0.0674. The van der Waals surface area contributed by atoms with Crippen molar-refractivity contribution >= 4 is 5.91 Å². The Bertz CT molecular complexity index is 177. The first-order chi connectivity index (χ1) is 5.83. The zero-order valence-electron chi connectivity index (χ0n) is 7.20. The molecule has 2 aliphatic heterocycles. The van der Waals surface area contributed by atoms with Gasteiger partial charge >= 0.3 is 0 Å². The SMILES string of the molecule is O=C(CO)N1C2CCC[C@@H]1CC2. The van der Waals surface area contributed by atoms with Crippen LogP contribution in [0.5, 0.6) is 0 Å². The van der Waals surface area contributed by atoms with E-state index < -0.39 is 0 Å². The minimum absolute atomic E-state index is 0.0674. The van der Waals surface area contributed by atoms with E-state index in [4.69, 9.17) is 5.11 Å². The molecular formula is C9H15NO2. The van der Waals surface area contributed by atoms with Gasteiger partial charge < -0.3 is 10.0 Å². The van der Waals surface area contributed by atoms with Crippen molar-refractivity contribution < 1.29 is 9.90 Å². The highest BCUT2D eigenvalue weighted by atomic mass is 16.3. The van der Waals surface area contributed by atoms with Crippen LogP contribution in [-0.4, -0.2) is 34.6 Å². The number of amides is 1. The molecule has 2 heterocycles. The Morgan fingerprint density at radius 2 is 1.83 bits per heavy atom. The first-order valence-electron chi connectivity index (χ1n) is 4.75. The van der Waals surface area contributed by atoms with Crippen LogP contribution in [0, 0.1) is 0 Å². The van der Waals surface area contributed by atoms with E-state index in [2.05, 4.69) is 0 Å². The van der Waals surface area contributed by atoms with Gasteiger partial charge in [-0.05, 0) is 32.1 Å². The Kier molecular flexibility index (Phi) is 2.05. The van der Waals surface area contributed by atoms with Crippen molar-refractivity contribution in [2.24, 2.45) is 0 Å². The van der Waals surface area contributed by atoms with Gasteiger partial charge in [0, 0.05) is 12.1 Å². The van der Waals surface area contributed by atoms with Crippen molar-refractivity contribution in [2.75, 3.05) is 6.61 Å². The molecule has 3 heteroatoms. The van der Waals surface area contributed by atoms with E-state index in [1.807, 2.05) is 4.90 Å². The standard InChI is InChI=1S/C9H15NO2/c11-6-9(12)10-7-2-1-3-8(10)5-4-7/h7-8,11H,1-6H2/t7-,8?/m1/s1. The van der Waals surface area contributed by atoms with Crippen molar-refractivity contribution in [3.05, 3.63) is 0 Å². The average Bonchev–Trinajstić information content (AvgIpc) is 2.35. The fourth-order valence-electron chi connectivity index (χ4n) is 2.61. The molecule has 2 saturated heterocycles. The van der Waals surface area contributed by atoms with Crippen LogP contribution in [0.2, 0.25) is 0 Å². The third-order valence-corrected chi connectivity index (χ3v) is 3.12.